The van der Waals surface area contributed by atoms with E-state index < -0.39 is 6.09 Å². The molecule has 0 saturated carbocycles. The van der Waals surface area contributed by atoms with Crippen molar-refractivity contribution in [3.63, 3.8) is 0 Å². The average molecular weight is 607 g/mol. The average Bonchev–Trinajstić information content (AvgIpc) is 3.05. The molecular formula is C35H34N4O6. The van der Waals surface area contributed by atoms with Gasteiger partial charge in [-0.05, 0) is 62.0 Å². The van der Waals surface area contributed by atoms with Crippen molar-refractivity contribution in [2.24, 2.45) is 0 Å². The molecule has 0 N–H and O–H groups in total. The van der Waals surface area contributed by atoms with Crippen molar-refractivity contribution in [2.75, 3.05) is 52.9 Å². The number of carbonyl (C=O) groups excluding carboxylic acids is 5. The Morgan fingerprint density at radius 1 is 0.622 bits per heavy atom. The van der Waals surface area contributed by atoms with Crippen molar-refractivity contribution in [1.29, 1.82) is 0 Å². The van der Waals surface area contributed by atoms with Gasteiger partial charge >= 0.3 is 6.09 Å². The van der Waals surface area contributed by atoms with Crippen molar-refractivity contribution < 1.29 is 28.7 Å². The molecule has 4 aromatic carbocycles. The van der Waals surface area contributed by atoms with Crippen LogP contribution in [0.5, 0.6) is 0 Å². The van der Waals surface area contributed by atoms with E-state index in [4.69, 9.17) is 4.74 Å². The van der Waals surface area contributed by atoms with E-state index in [1.807, 2.05) is 48.3 Å². The molecule has 0 spiro atoms. The van der Waals surface area contributed by atoms with Crippen LogP contribution in [0.4, 0.5) is 4.79 Å². The van der Waals surface area contributed by atoms with Gasteiger partial charge in [0.25, 0.3) is 23.6 Å². The molecule has 10 heteroatoms. The molecule has 45 heavy (non-hydrogen) atoms. The normalized spacial score (nSPS) is 14.2. The van der Waals surface area contributed by atoms with Crippen molar-refractivity contribution in [3.05, 3.63) is 95.1 Å². The zero-order valence-corrected chi connectivity index (χ0v) is 25.3. The first kappa shape index (κ1) is 30.0. The van der Waals surface area contributed by atoms with E-state index >= 15 is 0 Å². The fourth-order valence-corrected chi connectivity index (χ4v) is 6.21. The monoisotopic (exact) mass is 606 g/mol. The van der Waals surface area contributed by atoms with Gasteiger partial charge in [0, 0.05) is 65.8 Å². The second-order valence-electron chi connectivity index (χ2n) is 11.3. The quantitative estimate of drug-likeness (QED) is 0.229. The van der Waals surface area contributed by atoms with Gasteiger partial charge in [0.15, 0.2) is 0 Å². The summed E-state index contributed by atoms with van der Waals surface area (Å²) in [7, 11) is 1.89. The van der Waals surface area contributed by atoms with E-state index in [1.165, 1.54) is 14.7 Å². The summed E-state index contributed by atoms with van der Waals surface area (Å²) >= 11 is 0. The molecule has 10 nitrogen and oxygen atoms in total. The molecule has 2 aliphatic rings. The first-order valence-corrected chi connectivity index (χ1v) is 15.2. The van der Waals surface area contributed by atoms with Gasteiger partial charge in [0.1, 0.15) is 0 Å². The Kier molecular flexibility index (Phi) is 8.32. The summed E-state index contributed by atoms with van der Waals surface area (Å²) in [6, 6.07) is 21.7. The fourth-order valence-electron chi connectivity index (χ4n) is 6.21. The first-order valence-electron chi connectivity index (χ1n) is 15.2. The van der Waals surface area contributed by atoms with Crippen LogP contribution in [0.2, 0.25) is 0 Å². The molecule has 0 aromatic heterocycles. The van der Waals surface area contributed by atoms with E-state index in [0.717, 1.165) is 10.8 Å². The van der Waals surface area contributed by atoms with E-state index in [2.05, 4.69) is 0 Å². The number of imide groups is 2. The SMILES string of the molecule is CCOC(=O)N(CCCN(C)CCN1C(=O)c2cccc3cccc(c23)C1=O)CCN1C(=O)c2cccc3cccc(c23)C1=O. The Balaban J connectivity index is 1.05. The van der Waals surface area contributed by atoms with Gasteiger partial charge in [-0.3, -0.25) is 29.0 Å². The van der Waals surface area contributed by atoms with Gasteiger partial charge in [-0.25, -0.2) is 4.79 Å². The van der Waals surface area contributed by atoms with Crippen LogP contribution >= 0.6 is 0 Å². The molecule has 4 aromatic rings. The second kappa shape index (κ2) is 12.5. The predicted molar refractivity (Wildman–Crippen MR) is 169 cm³/mol. The van der Waals surface area contributed by atoms with Gasteiger partial charge in [0.2, 0.25) is 0 Å². The number of carbonyl (C=O) groups is 5. The molecule has 0 atom stereocenters. The van der Waals surface area contributed by atoms with E-state index in [9.17, 15) is 24.0 Å². The number of hydrogen-bond acceptors (Lipinski definition) is 7. The van der Waals surface area contributed by atoms with Crippen molar-refractivity contribution in [3.8, 4) is 0 Å². The Hall–Kier alpha value is -5.09. The summed E-state index contributed by atoms with van der Waals surface area (Å²) in [6.07, 6.45) is 0.0561. The minimum Gasteiger partial charge on any atom is -0.450 e. The van der Waals surface area contributed by atoms with Crippen LogP contribution < -0.4 is 0 Å². The molecule has 0 unspecified atom stereocenters. The maximum absolute atomic E-state index is 13.3. The van der Waals surface area contributed by atoms with Crippen LogP contribution in [-0.4, -0.2) is 102 Å². The number of rotatable bonds is 11. The molecule has 0 saturated heterocycles. The highest BCUT2D eigenvalue weighted by atomic mass is 16.6. The van der Waals surface area contributed by atoms with Crippen molar-refractivity contribution in [2.45, 2.75) is 13.3 Å². The minimum atomic E-state index is -0.517. The van der Waals surface area contributed by atoms with Gasteiger partial charge in [-0.2, -0.15) is 0 Å². The minimum absolute atomic E-state index is 0.0322. The molecule has 0 aliphatic carbocycles. The number of benzene rings is 4. The lowest BCUT2D eigenvalue weighted by atomic mass is 9.94. The lowest BCUT2D eigenvalue weighted by Crippen LogP contribution is -2.46. The summed E-state index contributed by atoms with van der Waals surface area (Å²) in [4.78, 5) is 71.8. The summed E-state index contributed by atoms with van der Waals surface area (Å²) < 4.78 is 5.26. The van der Waals surface area contributed by atoms with Crippen LogP contribution in [0.25, 0.3) is 21.5 Å². The van der Waals surface area contributed by atoms with Crippen LogP contribution in [0, 0.1) is 0 Å². The second-order valence-corrected chi connectivity index (χ2v) is 11.3. The van der Waals surface area contributed by atoms with Gasteiger partial charge in [-0.15, -0.1) is 0 Å². The highest BCUT2D eigenvalue weighted by molar-refractivity contribution is 6.26. The highest BCUT2D eigenvalue weighted by Gasteiger charge is 2.34. The van der Waals surface area contributed by atoms with Crippen LogP contribution in [-0.2, 0) is 4.74 Å². The Morgan fingerprint density at radius 3 is 1.47 bits per heavy atom. The topological polar surface area (TPSA) is 108 Å². The molecule has 6 rings (SSSR count). The number of hydrogen-bond donors (Lipinski definition) is 0. The summed E-state index contributed by atoms with van der Waals surface area (Å²) in [5, 5.41) is 3.06. The lowest BCUT2D eigenvalue weighted by molar-refractivity contribution is 0.0573. The van der Waals surface area contributed by atoms with Crippen molar-refractivity contribution >= 4 is 51.3 Å². The third kappa shape index (κ3) is 5.53. The van der Waals surface area contributed by atoms with E-state index in [1.54, 1.807) is 43.3 Å². The third-order valence-electron chi connectivity index (χ3n) is 8.50. The standard InChI is InChI=1S/C35H34N4O6/c1-3-45-35(44)37(20-22-39-33(42)27-15-6-11-24-12-7-16-28(30(24)27)34(39)43)18-8-17-36(2)19-21-38-31(40)25-13-4-9-23-10-5-14-26(29(23)25)32(38)41/h4-7,9-16H,3,8,17-22H2,1-2H3. The highest BCUT2D eigenvalue weighted by Crippen LogP contribution is 2.31. The maximum atomic E-state index is 13.3. The summed E-state index contributed by atoms with van der Waals surface area (Å²) in [6.45, 7) is 3.68. The number of likely N-dealkylation sites (N-methyl/N-ethyl adjacent to an activating group) is 1. The van der Waals surface area contributed by atoms with E-state index in [-0.39, 0.29) is 49.9 Å². The zero-order chi connectivity index (χ0) is 31.7. The molecule has 2 heterocycles. The van der Waals surface area contributed by atoms with Gasteiger partial charge in [-0.1, -0.05) is 48.5 Å². The Morgan fingerprint density at radius 2 is 1.04 bits per heavy atom. The number of nitrogens with zero attached hydrogens (tertiary/aromatic N) is 4. The van der Waals surface area contributed by atoms with Gasteiger partial charge in [0.05, 0.1) is 6.61 Å². The van der Waals surface area contributed by atoms with Gasteiger partial charge < -0.3 is 14.5 Å². The summed E-state index contributed by atoms with van der Waals surface area (Å²) in [5.74, 6) is -1.36. The molecular weight excluding hydrogens is 572 g/mol. The summed E-state index contributed by atoms with van der Waals surface area (Å²) in [5.41, 5.74) is 2.00. The molecule has 0 radical (unpaired) electrons. The first-order chi connectivity index (χ1) is 21.8. The Bertz CT molecular complexity index is 1750. The molecule has 230 valence electrons. The largest absolute Gasteiger partial charge is 0.450 e. The lowest BCUT2D eigenvalue weighted by Gasteiger charge is -2.30. The van der Waals surface area contributed by atoms with Crippen LogP contribution in [0.3, 0.4) is 0 Å². The zero-order valence-electron chi connectivity index (χ0n) is 25.3. The third-order valence-corrected chi connectivity index (χ3v) is 8.50. The maximum Gasteiger partial charge on any atom is 0.409 e. The molecule has 0 fully saturated rings. The Labute approximate surface area is 260 Å². The predicted octanol–water partition coefficient (Wildman–Crippen LogP) is 4.67. The molecule has 5 amide bonds. The van der Waals surface area contributed by atoms with Crippen molar-refractivity contribution in [1.82, 2.24) is 19.6 Å². The smallest absolute Gasteiger partial charge is 0.409 e. The van der Waals surface area contributed by atoms with Crippen LogP contribution in [0.15, 0.2) is 72.8 Å². The fraction of sp³-hybridized carbons (Fsp3) is 0.286. The number of ether oxygens (including phenoxy) is 1. The number of amides is 5. The molecule has 2 aliphatic heterocycles. The van der Waals surface area contributed by atoms with E-state index in [0.29, 0.717) is 59.1 Å². The molecule has 0 bridgehead atoms. The van der Waals surface area contributed by atoms with Crippen LogP contribution in [0.1, 0.15) is 54.8 Å².